The number of amides is 1. The van der Waals surface area contributed by atoms with Crippen molar-refractivity contribution in [3.05, 3.63) is 82.6 Å². The lowest BCUT2D eigenvalue weighted by molar-refractivity contribution is -0.137. The number of aliphatic carboxylic acids is 1. The van der Waals surface area contributed by atoms with Crippen LogP contribution < -0.4 is 5.32 Å². The summed E-state index contributed by atoms with van der Waals surface area (Å²) < 4.78 is 0. The van der Waals surface area contributed by atoms with Crippen LogP contribution in [0.2, 0.25) is 5.02 Å². The van der Waals surface area contributed by atoms with Gasteiger partial charge in [0.25, 0.3) is 0 Å². The van der Waals surface area contributed by atoms with Crippen molar-refractivity contribution >= 4 is 29.2 Å². The minimum atomic E-state index is -0.811. The zero-order valence-corrected chi connectivity index (χ0v) is 21.6. The molecule has 6 heteroatoms. The Labute approximate surface area is 217 Å². The molecule has 1 aliphatic rings. The van der Waals surface area contributed by atoms with Gasteiger partial charge < -0.3 is 10.4 Å². The molecule has 0 spiro atoms. The molecule has 0 unspecified atom stereocenters. The number of anilines is 1. The molecular formula is C30H33ClN2O3. The van der Waals surface area contributed by atoms with Crippen molar-refractivity contribution in [1.82, 2.24) is 4.98 Å². The third-order valence-electron chi connectivity index (χ3n) is 7.45. The van der Waals surface area contributed by atoms with E-state index in [-0.39, 0.29) is 24.2 Å². The maximum absolute atomic E-state index is 13.7. The van der Waals surface area contributed by atoms with Crippen molar-refractivity contribution < 1.29 is 14.7 Å². The summed E-state index contributed by atoms with van der Waals surface area (Å²) in [6.45, 7) is 3.96. The van der Waals surface area contributed by atoms with Gasteiger partial charge in [-0.25, -0.2) is 0 Å². The molecule has 0 radical (unpaired) electrons. The normalized spacial score (nSPS) is 15.4. The summed E-state index contributed by atoms with van der Waals surface area (Å²) in [5.41, 5.74) is 5.62. The second-order valence-electron chi connectivity index (χ2n) is 9.75. The summed E-state index contributed by atoms with van der Waals surface area (Å²) in [5, 5.41) is 13.1. The molecule has 0 bridgehead atoms. The van der Waals surface area contributed by atoms with Crippen molar-refractivity contribution in [3.8, 4) is 11.1 Å². The number of aromatic nitrogens is 1. The van der Waals surface area contributed by atoms with Crippen molar-refractivity contribution in [3.63, 3.8) is 0 Å². The monoisotopic (exact) mass is 504 g/mol. The van der Waals surface area contributed by atoms with Crippen molar-refractivity contribution in [1.29, 1.82) is 0 Å². The molecule has 36 heavy (non-hydrogen) atoms. The third-order valence-corrected chi connectivity index (χ3v) is 7.66. The Morgan fingerprint density at radius 1 is 1.08 bits per heavy atom. The van der Waals surface area contributed by atoms with Crippen molar-refractivity contribution in [2.45, 2.75) is 64.2 Å². The van der Waals surface area contributed by atoms with E-state index in [4.69, 9.17) is 11.6 Å². The van der Waals surface area contributed by atoms with Crippen LogP contribution in [0.4, 0.5) is 5.69 Å². The maximum atomic E-state index is 13.7. The van der Waals surface area contributed by atoms with Gasteiger partial charge >= 0.3 is 5.97 Å². The Morgan fingerprint density at radius 2 is 1.81 bits per heavy atom. The number of carboxylic acid groups (broad SMARTS) is 1. The topological polar surface area (TPSA) is 79.3 Å². The molecule has 5 nitrogen and oxygen atoms in total. The van der Waals surface area contributed by atoms with Crippen LogP contribution in [-0.2, 0) is 9.59 Å². The highest BCUT2D eigenvalue weighted by atomic mass is 35.5. The fourth-order valence-electron chi connectivity index (χ4n) is 5.51. The summed E-state index contributed by atoms with van der Waals surface area (Å²) >= 11 is 6.11. The van der Waals surface area contributed by atoms with E-state index in [0.717, 1.165) is 65.6 Å². The van der Waals surface area contributed by atoms with Crippen molar-refractivity contribution in [2.24, 2.45) is 5.92 Å². The molecule has 2 aromatic carbocycles. The first-order chi connectivity index (χ1) is 17.4. The van der Waals surface area contributed by atoms with Gasteiger partial charge in [-0.3, -0.25) is 14.6 Å². The van der Waals surface area contributed by atoms with Crippen LogP contribution in [0.1, 0.15) is 74.0 Å². The predicted molar refractivity (Wildman–Crippen MR) is 144 cm³/mol. The number of hydrogen-bond donors (Lipinski definition) is 2. The molecule has 2 N–H and O–H groups in total. The Kier molecular flexibility index (Phi) is 8.42. The molecule has 188 valence electrons. The van der Waals surface area contributed by atoms with Gasteiger partial charge in [0.05, 0.1) is 17.4 Å². The SMILES string of the molecule is CC[C@@H](CC(=O)O)c1cccc(NC(=O)[C@@H](c2ccc(-c3cncc(Cl)c3)cc2)C2CCCC2)c1C. The summed E-state index contributed by atoms with van der Waals surface area (Å²) in [4.78, 5) is 29.3. The van der Waals surface area contributed by atoms with Gasteiger partial charge in [-0.05, 0) is 72.4 Å². The smallest absolute Gasteiger partial charge is 0.303 e. The second-order valence-corrected chi connectivity index (χ2v) is 10.2. The standard InChI is InChI=1S/C30H33ClN2O3/c1-3-20(16-28(34)35)26-9-6-10-27(19(26)2)33-30(36)29(22-7-4-5-8-22)23-13-11-21(12-14-23)24-15-25(31)18-32-17-24/h6,9-15,17-18,20,22,29H,3-5,7-8,16H2,1-2H3,(H,33,36)(H,34,35)/t20-,29+/m0/s1. The Balaban J connectivity index is 1.60. The van der Waals surface area contributed by atoms with Gasteiger partial charge in [0.15, 0.2) is 0 Å². The number of halogens is 1. The maximum Gasteiger partial charge on any atom is 0.303 e. The van der Waals surface area contributed by atoms with Gasteiger partial charge in [-0.2, -0.15) is 0 Å². The molecule has 4 rings (SSSR count). The highest BCUT2D eigenvalue weighted by Gasteiger charge is 2.32. The lowest BCUT2D eigenvalue weighted by Crippen LogP contribution is -2.27. The lowest BCUT2D eigenvalue weighted by Gasteiger charge is -2.25. The van der Waals surface area contributed by atoms with Crippen LogP contribution in [0.5, 0.6) is 0 Å². The fraction of sp³-hybridized carbons (Fsp3) is 0.367. The molecule has 1 amide bonds. The molecule has 1 aromatic heterocycles. The number of pyridine rings is 1. The number of hydrogen-bond acceptors (Lipinski definition) is 3. The number of carboxylic acids is 1. The van der Waals surface area contributed by atoms with Crippen LogP contribution >= 0.6 is 11.6 Å². The molecule has 1 aliphatic carbocycles. The lowest BCUT2D eigenvalue weighted by atomic mass is 9.83. The van der Waals surface area contributed by atoms with E-state index in [1.165, 1.54) is 0 Å². The summed E-state index contributed by atoms with van der Waals surface area (Å²) in [5.74, 6) is -0.858. The van der Waals surface area contributed by atoms with Gasteiger partial charge in [-0.15, -0.1) is 0 Å². The zero-order chi connectivity index (χ0) is 25.7. The quantitative estimate of drug-likeness (QED) is 0.314. The highest BCUT2D eigenvalue weighted by Crippen LogP contribution is 2.39. The first-order valence-corrected chi connectivity index (χ1v) is 13.1. The molecule has 1 heterocycles. The average Bonchev–Trinajstić information content (AvgIpc) is 3.39. The van der Waals surface area contributed by atoms with E-state index < -0.39 is 5.97 Å². The number of rotatable bonds is 9. The molecule has 0 saturated heterocycles. The van der Waals surface area contributed by atoms with Crippen LogP contribution in [-0.4, -0.2) is 22.0 Å². The van der Waals surface area contributed by atoms with Crippen molar-refractivity contribution in [2.75, 3.05) is 5.32 Å². The zero-order valence-electron chi connectivity index (χ0n) is 20.8. The van der Waals surface area contributed by atoms with Gasteiger partial charge in [-0.1, -0.05) is 67.8 Å². The van der Waals surface area contributed by atoms with Gasteiger partial charge in [0.1, 0.15) is 0 Å². The highest BCUT2D eigenvalue weighted by molar-refractivity contribution is 6.30. The van der Waals surface area contributed by atoms with E-state index in [9.17, 15) is 14.7 Å². The third kappa shape index (κ3) is 5.96. The number of benzene rings is 2. The predicted octanol–water partition coefficient (Wildman–Crippen LogP) is 7.59. The molecule has 3 aromatic rings. The largest absolute Gasteiger partial charge is 0.481 e. The fourth-order valence-corrected chi connectivity index (χ4v) is 5.68. The average molecular weight is 505 g/mol. The number of nitrogens with zero attached hydrogens (tertiary/aromatic N) is 1. The first kappa shape index (κ1) is 25.9. The van der Waals surface area contributed by atoms with E-state index in [1.54, 1.807) is 12.4 Å². The summed E-state index contributed by atoms with van der Waals surface area (Å²) in [7, 11) is 0. The summed E-state index contributed by atoms with van der Waals surface area (Å²) in [6.07, 6.45) is 8.55. The van der Waals surface area contributed by atoms with E-state index in [2.05, 4.69) is 10.3 Å². The molecule has 2 atom stereocenters. The van der Waals surface area contributed by atoms with Gasteiger partial charge in [0.2, 0.25) is 5.91 Å². The van der Waals surface area contributed by atoms with Crippen LogP contribution in [0.3, 0.4) is 0 Å². The summed E-state index contributed by atoms with van der Waals surface area (Å²) in [6, 6.07) is 15.8. The minimum absolute atomic E-state index is 0.00870. The van der Waals surface area contributed by atoms with Crippen LogP contribution in [0, 0.1) is 12.8 Å². The molecular weight excluding hydrogens is 472 g/mol. The second kappa shape index (κ2) is 11.7. The number of carbonyl (C=O) groups excluding carboxylic acids is 1. The molecule has 1 fully saturated rings. The first-order valence-electron chi connectivity index (χ1n) is 12.7. The number of carbonyl (C=O) groups is 2. The molecule has 1 saturated carbocycles. The van der Waals surface area contributed by atoms with Crippen LogP contribution in [0.25, 0.3) is 11.1 Å². The Morgan fingerprint density at radius 3 is 2.44 bits per heavy atom. The van der Waals surface area contributed by atoms with Crippen LogP contribution in [0.15, 0.2) is 60.9 Å². The minimum Gasteiger partial charge on any atom is -0.481 e. The van der Waals surface area contributed by atoms with Gasteiger partial charge in [0, 0.05) is 23.6 Å². The number of nitrogens with one attached hydrogen (secondary N) is 1. The van der Waals surface area contributed by atoms with E-state index in [1.807, 2.05) is 62.4 Å². The van der Waals surface area contributed by atoms with E-state index in [0.29, 0.717) is 10.9 Å². The Hall–Kier alpha value is -3.18. The van der Waals surface area contributed by atoms with E-state index >= 15 is 0 Å². The molecule has 0 aliphatic heterocycles. The Bertz CT molecular complexity index is 1220.